The molecule has 7 heteroatoms. The van der Waals surface area contributed by atoms with Crippen molar-refractivity contribution in [2.24, 2.45) is 7.05 Å². The number of carbonyl (C=O) groups is 2. The topological polar surface area (TPSA) is 76.0 Å². The van der Waals surface area contributed by atoms with Crippen LogP contribution in [0.5, 0.6) is 17.2 Å². The lowest BCUT2D eigenvalue weighted by molar-refractivity contribution is -0.149. The maximum atomic E-state index is 13.0. The molecule has 3 aromatic rings. The summed E-state index contributed by atoms with van der Waals surface area (Å²) in [6.07, 6.45) is 3.47. The number of carbonyl (C=O) groups excluding carboxylic acids is 2. The van der Waals surface area contributed by atoms with Crippen LogP contribution in [0.25, 0.3) is 17.0 Å². The van der Waals surface area contributed by atoms with E-state index in [0.29, 0.717) is 22.6 Å². The first-order chi connectivity index (χ1) is 15.3. The van der Waals surface area contributed by atoms with Crippen molar-refractivity contribution in [2.75, 3.05) is 13.7 Å². The molecule has 0 N–H and O–H groups in total. The highest BCUT2D eigenvalue weighted by atomic mass is 16.6. The second-order valence-corrected chi connectivity index (χ2v) is 7.91. The minimum Gasteiger partial charge on any atom is -0.497 e. The van der Waals surface area contributed by atoms with Crippen LogP contribution in [-0.4, -0.2) is 36.1 Å². The molecule has 0 fully saturated rings. The van der Waals surface area contributed by atoms with Gasteiger partial charge in [0.25, 0.3) is 0 Å². The maximum absolute atomic E-state index is 13.0. The molecule has 0 aliphatic carbocycles. The molecule has 32 heavy (non-hydrogen) atoms. The lowest BCUT2D eigenvalue weighted by Gasteiger charge is -2.12. The Morgan fingerprint density at radius 1 is 1.22 bits per heavy atom. The molecule has 0 bridgehead atoms. The Kier molecular flexibility index (Phi) is 5.65. The quantitative estimate of drug-likeness (QED) is 0.421. The number of hydrogen-bond acceptors (Lipinski definition) is 6. The van der Waals surface area contributed by atoms with E-state index in [1.807, 2.05) is 36.0 Å². The third-order valence-corrected chi connectivity index (χ3v) is 5.26. The molecule has 0 saturated carbocycles. The zero-order valence-electron chi connectivity index (χ0n) is 18.7. The fourth-order valence-corrected chi connectivity index (χ4v) is 3.74. The SMILES string of the molecule is COc1ccc2c(c1)c(C=C1Oc3c(ccc(OCC(=O)OC(C)C)c3C)C1=O)cn2C. The number of methoxy groups -OCH3 is 1. The van der Waals surface area contributed by atoms with Gasteiger partial charge in [-0.3, -0.25) is 4.79 Å². The highest BCUT2D eigenvalue weighted by molar-refractivity contribution is 6.15. The van der Waals surface area contributed by atoms with Gasteiger partial charge >= 0.3 is 5.97 Å². The number of nitrogens with zero attached hydrogens (tertiary/aromatic N) is 1. The molecule has 0 atom stereocenters. The number of hydrogen-bond donors (Lipinski definition) is 0. The third-order valence-electron chi connectivity index (χ3n) is 5.26. The Hall–Kier alpha value is -3.74. The highest BCUT2D eigenvalue weighted by Crippen LogP contribution is 2.40. The van der Waals surface area contributed by atoms with E-state index in [0.717, 1.165) is 22.2 Å². The standard InChI is InChI=1S/C25H25NO6/c1-14(2)31-23(27)13-30-21-9-7-18-24(28)22(32-25(18)15(21)3)10-16-12-26(4)20-8-6-17(29-5)11-19(16)20/h6-12,14H,13H2,1-5H3. The van der Waals surface area contributed by atoms with E-state index in [9.17, 15) is 9.59 Å². The van der Waals surface area contributed by atoms with Crippen molar-refractivity contribution in [2.45, 2.75) is 26.9 Å². The van der Waals surface area contributed by atoms with Crippen LogP contribution in [0.4, 0.5) is 0 Å². The van der Waals surface area contributed by atoms with Gasteiger partial charge in [0, 0.05) is 35.3 Å². The summed E-state index contributed by atoms with van der Waals surface area (Å²) in [4.78, 5) is 24.8. The number of allylic oxidation sites excluding steroid dienone is 1. The molecule has 0 radical (unpaired) electrons. The second kappa shape index (κ2) is 8.42. The number of ketones is 1. The van der Waals surface area contributed by atoms with Gasteiger partial charge in [0.15, 0.2) is 12.4 Å². The van der Waals surface area contributed by atoms with E-state index < -0.39 is 5.97 Å². The molecule has 2 heterocycles. The van der Waals surface area contributed by atoms with Crippen LogP contribution in [0.2, 0.25) is 0 Å². The van der Waals surface area contributed by atoms with Gasteiger partial charge in [0.05, 0.1) is 18.8 Å². The van der Waals surface area contributed by atoms with Gasteiger partial charge in [-0.2, -0.15) is 0 Å². The van der Waals surface area contributed by atoms with Gasteiger partial charge in [-0.1, -0.05) is 0 Å². The Bertz CT molecular complexity index is 1250. The molecule has 4 rings (SSSR count). The molecule has 1 aliphatic heterocycles. The largest absolute Gasteiger partial charge is 0.497 e. The predicted molar refractivity (Wildman–Crippen MR) is 120 cm³/mol. The average molecular weight is 435 g/mol. The molecule has 2 aromatic carbocycles. The normalized spacial score (nSPS) is 14.1. The van der Waals surface area contributed by atoms with E-state index in [2.05, 4.69) is 0 Å². The highest BCUT2D eigenvalue weighted by Gasteiger charge is 2.30. The minimum absolute atomic E-state index is 0.200. The Labute approximate surface area is 186 Å². The molecular weight excluding hydrogens is 410 g/mol. The van der Waals surface area contributed by atoms with Crippen molar-refractivity contribution in [3.63, 3.8) is 0 Å². The first-order valence-electron chi connectivity index (χ1n) is 10.3. The minimum atomic E-state index is -0.455. The molecule has 1 aromatic heterocycles. The number of rotatable bonds is 6. The summed E-state index contributed by atoms with van der Waals surface area (Å²) < 4.78 is 24.0. The molecule has 7 nitrogen and oxygen atoms in total. The van der Waals surface area contributed by atoms with Crippen LogP contribution < -0.4 is 14.2 Å². The smallest absolute Gasteiger partial charge is 0.344 e. The molecule has 0 spiro atoms. The first-order valence-corrected chi connectivity index (χ1v) is 10.3. The van der Waals surface area contributed by atoms with E-state index >= 15 is 0 Å². The van der Waals surface area contributed by atoms with Crippen LogP contribution in [-0.2, 0) is 16.6 Å². The van der Waals surface area contributed by atoms with Gasteiger partial charge < -0.3 is 23.5 Å². The Balaban J connectivity index is 1.62. The number of fused-ring (bicyclic) bond motifs is 2. The van der Waals surface area contributed by atoms with Crippen molar-refractivity contribution in [1.29, 1.82) is 0 Å². The lowest BCUT2D eigenvalue weighted by Crippen LogP contribution is -2.19. The fraction of sp³-hybridized carbons (Fsp3) is 0.280. The molecule has 0 saturated heterocycles. The summed E-state index contributed by atoms with van der Waals surface area (Å²) in [6, 6.07) is 9.13. The molecule has 1 aliphatic rings. The van der Waals surface area contributed by atoms with Crippen LogP contribution in [0.1, 0.15) is 35.3 Å². The summed E-state index contributed by atoms with van der Waals surface area (Å²) in [6.45, 7) is 5.13. The van der Waals surface area contributed by atoms with E-state index in [-0.39, 0.29) is 24.3 Å². The van der Waals surface area contributed by atoms with Crippen LogP contribution in [0, 0.1) is 6.92 Å². The predicted octanol–water partition coefficient (Wildman–Crippen LogP) is 4.44. The van der Waals surface area contributed by atoms with Gasteiger partial charge in [-0.25, -0.2) is 4.79 Å². The lowest BCUT2D eigenvalue weighted by atomic mass is 10.1. The number of aromatic nitrogens is 1. The number of esters is 1. The number of Topliss-reactive ketones (excluding diaryl/α,β-unsaturated/α-hetero) is 1. The van der Waals surface area contributed by atoms with E-state index in [1.165, 1.54) is 0 Å². The first kappa shape index (κ1) is 21.5. The molecule has 0 amide bonds. The van der Waals surface area contributed by atoms with Gasteiger partial charge in [-0.05, 0) is 57.2 Å². The molecule has 0 unspecified atom stereocenters. The van der Waals surface area contributed by atoms with Crippen molar-refractivity contribution >= 4 is 28.7 Å². The number of ether oxygens (including phenoxy) is 4. The van der Waals surface area contributed by atoms with Crippen LogP contribution in [0.15, 0.2) is 42.3 Å². The number of benzene rings is 2. The van der Waals surface area contributed by atoms with Crippen LogP contribution >= 0.6 is 0 Å². The van der Waals surface area contributed by atoms with Crippen LogP contribution in [0.3, 0.4) is 0 Å². The summed E-state index contributed by atoms with van der Waals surface area (Å²) in [7, 11) is 3.56. The monoisotopic (exact) mass is 435 g/mol. The zero-order valence-corrected chi connectivity index (χ0v) is 18.7. The third kappa shape index (κ3) is 3.93. The molecular formula is C25H25NO6. The van der Waals surface area contributed by atoms with Gasteiger partial charge in [-0.15, -0.1) is 0 Å². The Morgan fingerprint density at radius 2 is 2.00 bits per heavy atom. The van der Waals surface area contributed by atoms with Crippen molar-refractivity contribution in [3.8, 4) is 17.2 Å². The molecule has 166 valence electrons. The van der Waals surface area contributed by atoms with E-state index in [1.54, 1.807) is 46.1 Å². The second-order valence-electron chi connectivity index (χ2n) is 7.91. The summed E-state index contributed by atoms with van der Waals surface area (Å²) in [5, 5.41) is 0.955. The fourth-order valence-electron chi connectivity index (χ4n) is 3.74. The summed E-state index contributed by atoms with van der Waals surface area (Å²) in [5.41, 5.74) is 2.98. The van der Waals surface area contributed by atoms with Gasteiger partial charge in [0.1, 0.15) is 17.2 Å². The van der Waals surface area contributed by atoms with Gasteiger partial charge in [0.2, 0.25) is 5.78 Å². The van der Waals surface area contributed by atoms with Crippen molar-refractivity contribution in [3.05, 3.63) is 59.0 Å². The maximum Gasteiger partial charge on any atom is 0.344 e. The number of aryl methyl sites for hydroxylation is 1. The zero-order chi connectivity index (χ0) is 23.0. The summed E-state index contributed by atoms with van der Waals surface area (Å²) in [5.74, 6) is 1.22. The average Bonchev–Trinajstić information content (AvgIpc) is 3.24. The van der Waals surface area contributed by atoms with Crippen molar-refractivity contribution in [1.82, 2.24) is 4.57 Å². The van der Waals surface area contributed by atoms with Crippen molar-refractivity contribution < 1.29 is 28.5 Å². The Morgan fingerprint density at radius 3 is 2.72 bits per heavy atom. The summed E-state index contributed by atoms with van der Waals surface area (Å²) >= 11 is 0. The van der Waals surface area contributed by atoms with E-state index in [4.69, 9.17) is 18.9 Å².